The lowest BCUT2D eigenvalue weighted by atomic mass is 9.47. The molecule has 30 heavy (non-hydrogen) atoms. The van der Waals surface area contributed by atoms with Crippen LogP contribution in [-0.2, 0) is 6.67 Å². The highest BCUT2D eigenvalue weighted by Crippen LogP contribution is 2.61. The Hall–Kier alpha value is -2.78. The largest absolute Gasteiger partial charge is 0.491 e. The normalized spacial score (nSPS) is 30.4. The summed E-state index contributed by atoms with van der Waals surface area (Å²) >= 11 is 0. The molecule has 0 spiro atoms. The molecule has 4 bridgehead atoms. The molecular formula is C20H27N7O3. The smallest absolute Gasteiger partial charge is 0.390 e. The summed E-state index contributed by atoms with van der Waals surface area (Å²) in [5.41, 5.74) is 0.606. The van der Waals surface area contributed by atoms with Crippen LogP contribution in [0.3, 0.4) is 0 Å². The fourth-order valence-electron chi connectivity index (χ4n) is 6.67. The number of nitro groups is 1. The molecule has 0 aliphatic heterocycles. The van der Waals surface area contributed by atoms with Gasteiger partial charge in [0.05, 0.1) is 0 Å². The quantitative estimate of drug-likeness (QED) is 0.550. The van der Waals surface area contributed by atoms with Crippen LogP contribution in [0, 0.1) is 33.3 Å². The third-order valence-corrected chi connectivity index (χ3v) is 7.39. The number of aromatic nitrogens is 5. The van der Waals surface area contributed by atoms with Crippen molar-refractivity contribution in [2.24, 2.45) is 23.2 Å². The highest BCUT2D eigenvalue weighted by atomic mass is 16.6. The molecule has 10 nitrogen and oxygen atoms in total. The van der Waals surface area contributed by atoms with E-state index in [-0.39, 0.29) is 24.0 Å². The maximum atomic E-state index is 13.0. The van der Waals surface area contributed by atoms with Crippen LogP contribution in [0.15, 0.2) is 18.6 Å². The van der Waals surface area contributed by atoms with E-state index in [2.05, 4.69) is 27.4 Å². The van der Waals surface area contributed by atoms with Crippen molar-refractivity contribution in [2.75, 3.05) is 0 Å². The van der Waals surface area contributed by atoms with Gasteiger partial charge in [-0.1, -0.05) is 11.9 Å². The number of carbonyl (C=O) groups excluding carboxylic acids is 1. The Morgan fingerprint density at radius 1 is 1.23 bits per heavy atom. The van der Waals surface area contributed by atoms with Gasteiger partial charge in [0.1, 0.15) is 5.69 Å². The molecule has 1 atom stereocenters. The summed E-state index contributed by atoms with van der Waals surface area (Å²) in [6.07, 6.45) is 11.8. The number of rotatable bonds is 7. The van der Waals surface area contributed by atoms with Crippen molar-refractivity contribution >= 4 is 11.9 Å². The highest BCUT2D eigenvalue weighted by Gasteiger charge is 2.54. The van der Waals surface area contributed by atoms with Gasteiger partial charge >= 0.3 is 5.95 Å². The van der Waals surface area contributed by atoms with Crippen LogP contribution in [0.4, 0.5) is 5.95 Å². The number of nitrogens with zero attached hydrogens (tertiary/aromatic N) is 6. The SMILES string of the molecule is CCC(NC(=O)c1ccn(Cn2cnc([N+](=O)[O-])n2)n1)C12CC3CC(CC(C3)C1)C2. The zero-order chi connectivity index (χ0) is 20.9. The van der Waals surface area contributed by atoms with Gasteiger partial charge in [-0.25, -0.2) is 4.68 Å². The fourth-order valence-corrected chi connectivity index (χ4v) is 6.67. The summed E-state index contributed by atoms with van der Waals surface area (Å²) in [6.45, 7) is 2.32. The van der Waals surface area contributed by atoms with Gasteiger partial charge in [-0.15, -0.1) is 0 Å². The molecule has 0 radical (unpaired) electrons. The van der Waals surface area contributed by atoms with Crippen molar-refractivity contribution < 1.29 is 9.72 Å². The summed E-state index contributed by atoms with van der Waals surface area (Å²) in [5.74, 6) is 1.91. The first-order chi connectivity index (χ1) is 14.4. The van der Waals surface area contributed by atoms with Crippen molar-refractivity contribution in [3.63, 3.8) is 0 Å². The monoisotopic (exact) mass is 413 g/mol. The lowest BCUT2D eigenvalue weighted by molar-refractivity contribution is -0.394. The predicted molar refractivity (Wildman–Crippen MR) is 106 cm³/mol. The summed E-state index contributed by atoms with van der Waals surface area (Å²) in [4.78, 5) is 26.6. The second-order valence-electron chi connectivity index (χ2n) is 9.44. The van der Waals surface area contributed by atoms with Crippen molar-refractivity contribution in [3.8, 4) is 0 Å². The zero-order valence-corrected chi connectivity index (χ0v) is 17.1. The maximum Gasteiger partial charge on any atom is 0.491 e. The number of hydrogen-bond acceptors (Lipinski definition) is 6. The Bertz CT molecular complexity index is 930. The van der Waals surface area contributed by atoms with Gasteiger partial charge in [0.15, 0.2) is 6.67 Å². The summed E-state index contributed by atoms with van der Waals surface area (Å²) in [5, 5.41) is 22.1. The van der Waals surface area contributed by atoms with E-state index in [1.165, 1.54) is 54.2 Å². The first-order valence-electron chi connectivity index (χ1n) is 10.8. The Labute approximate surface area is 174 Å². The first-order valence-corrected chi connectivity index (χ1v) is 10.8. The molecule has 0 aromatic carbocycles. The topological polar surface area (TPSA) is 121 Å². The number of hydrogen-bond donors (Lipinski definition) is 1. The van der Waals surface area contributed by atoms with E-state index in [1.54, 1.807) is 12.3 Å². The third-order valence-electron chi connectivity index (χ3n) is 7.39. The lowest BCUT2D eigenvalue weighted by Gasteiger charge is -2.59. The molecule has 160 valence electrons. The molecule has 4 saturated carbocycles. The predicted octanol–water partition coefficient (Wildman–Crippen LogP) is 2.61. The Kier molecular flexibility index (Phi) is 4.59. The van der Waals surface area contributed by atoms with Crippen molar-refractivity contribution in [2.45, 2.75) is 64.6 Å². The van der Waals surface area contributed by atoms with Gasteiger partial charge in [0.25, 0.3) is 5.91 Å². The maximum absolute atomic E-state index is 13.0. The van der Waals surface area contributed by atoms with Crippen LogP contribution in [0.2, 0.25) is 0 Å². The van der Waals surface area contributed by atoms with Gasteiger partial charge in [-0.05, 0) is 79.1 Å². The Morgan fingerprint density at radius 2 is 1.90 bits per heavy atom. The van der Waals surface area contributed by atoms with E-state index in [9.17, 15) is 14.9 Å². The molecule has 1 N–H and O–H groups in total. The molecule has 0 saturated heterocycles. The summed E-state index contributed by atoms with van der Waals surface area (Å²) < 4.78 is 2.84. The average molecular weight is 413 g/mol. The minimum atomic E-state index is -0.645. The first kappa shape index (κ1) is 19.2. The molecule has 2 aromatic rings. The minimum absolute atomic E-state index is 0.152. The third kappa shape index (κ3) is 3.37. The van der Waals surface area contributed by atoms with E-state index in [1.807, 2.05) is 0 Å². The van der Waals surface area contributed by atoms with Crippen LogP contribution in [0.5, 0.6) is 0 Å². The van der Waals surface area contributed by atoms with Crippen molar-refractivity contribution in [1.82, 2.24) is 29.9 Å². The van der Waals surface area contributed by atoms with Gasteiger partial charge in [0.2, 0.25) is 6.33 Å². The standard InChI is InChI=1S/C20H27N7O3/c1-2-17(20-8-13-5-14(9-20)7-15(6-13)10-20)22-18(28)16-3-4-25(23-16)12-26-11-21-19(24-26)27(29)30/h3-4,11,13-15,17H,2,5-10,12H2,1H3,(H,22,28). The molecule has 2 heterocycles. The minimum Gasteiger partial charge on any atom is -0.390 e. The van der Waals surface area contributed by atoms with Gasteiger partial charge in [-0.2, -0.15) is 9.78 Å². The fraction of sp³-hybridized carbons (Fsp3) is 0.700. The van der Waals surface area contributed by atoms with Gasteiger partial charge in [-0.3, -0.25) is 4.79 Å². The van der Waals surface area contributed by atoms with Crippen molar-refractivity contribution in [3.05, 3.63) is 34.4 Å². The molecule has 6 rings (SSSR count). The van der Waals surface area contributed by atoms with Gasteiger partial charge in [0, 0.05) is 17.3 Å². The molecule has 1 amide bonds. The molecule has 4 aliphatic carbocycles. The van der Waals surface area contributed by atoms with Crippen LogP contribution >= 0.6 is 0 Å². The number of nitrogens with one attached hydrogen (secondary N) is 1. The summed E-state index contributed by atoms with van der Waals surface area (Å²) in [7, 11) is 0. The zero-order valence-electron chi connectivity index (χ0n) is 17.1. The van der Waals surface area contributed by atoms with Crippen LogP contribution in [-0.4, -0.2) is 41.4 Å². The van der Waals surface area contributed by atoms with E-state index in [0.717, 1.165) is 24.2 Å². The van der Waals surface area contributed by atoms with E-state index in [4.69, 9.17) is 0 Å². The van der Waals surface area contributed by atoms with E-state index < -0.39 is 10.9 Å². The number of amides is 1. The molecule has 1 unspecified atom stereocenters. The second kappa shape index (κ2) is 7.17. The molecule has 4 aliphatic rings. The van der Waals surface area contributed by atoms with Crippen molar-refractivity contribution in [1.29, 1.82) is 0 Å². The van der Waals surface area contributed by atoms with Crippen LogP contribution < -0.4 is 5.32 Å². The van der Waals surface area contributed by atoms with Gasteiger partial charge < -0.3 is 15.4 Å². The Morgan fingerprint density at radius 3 is 2.47 bits per heavy atom. The highest BCUT2D eigenvalue weighted by molar-refractivity contribution is 5.92. The van der Waals surface area contributed by atoms with Crippen LogP contribution in [0.1, 0.15) is 62.4 Å². The Balaban J connectivity index is 1.26. The number of carbonyl (C=O) groups is 1. The molecular weight excluding hydrogens is 386 g/mol. The molecule has 4 fully saturated rings. The van der Waals surface area contributed by atoms with E-state index >= 15 is 0 Å². The second-order valence-corrected chi connectivity index (χ2v) is 9.44. The molecule has 2 aromatic heterocycles. The summed E-state index contributed by atoms with van der Waals surface area (Å²) in [6, 6.07) is 1.86. The average Bonchev–Trinajstić information content (AvgIpc) is 3.35. The lowest BCUT2D eigenvalue weighted by Crippen LogP contribution is -2.56. The van der Waals surface area contributed by atoms with E-state index in [0.29, 0.717) is 5.69 Å². The van der Waals surface area contributed by atoms with Crippen LogP contribution in [0.25, 0.3) is 0 Å². The molecule has 10 heteroatoms.